The number of carbonyl (C=O) groups is 1. The van der Waals surface area contributed by atoms with Gasteiger partial charge in [-0.05, 0) is 0 Å². The zero-order valence-electron chi connectivity index (χ0n) is 11.9. The summed E-state index contributed by atoms with van der Waals surface area (Å²) >= 11 is 0.327. The Hall–Kier alpha value is -1.32. The predicted octanol–water partition coefficient (Wildman–Crippen LogP) is 5.16. The van der Waals surface area contributed by atoms with Crippen LogP contribution >= 0.6 is 11.8 Å². The molecule has 0 aliphatic carbocycles. The van der Waals surface area contributed by atoms with E-state index >= 15 is 0 Å². The number of hydrogen-bond acceptors (Lipinski definition) is 2. The predicted molar refractivity (Wildman–Crippen MR) is 73.5 cm³/mol. The largest absolute Gasteiger partial charge is 0.320 e. The van der Waals surface area contributed by atoms with Crippen LogP contribution in [-0.2, 0) is 0 Å². The van der Waals surface area contributed by atoms with Gasteiger partial charge in [-0.15, -0.1) is 0 Å². The Balaban J connectivity index is 2.64. The third-order valence-corrected chi connectivity index (χ3v) is 3.88. The van der Waals surface area contributed by atoms with Crippen molar-refractivity contribution in [3.05, 3.63) is 35.9 Å². The van der Waals surface area contributed by atoms with Gasteiger partial charge < -0.3 is 0 Å². The van der Waals surface area contributed by atoms with Crippen LogP contribution in [0.3, 0.4) is 0 Å². The summed E-state index contributed by atoms with van der Waals surface area (Å²) in [5, 5.41) is -0.649. The minimum absolute atomic E-state index is 0.162. The van der Waals surface area contributed by atoms with Crippen LogP contribution in [0.5, 0.6) is 0 Å². The quantitative estimate of drug-likeness (QED) is 0.580. The molecule has 1 rings (SSSR count). The van der Waals surface area contributed by atoms with E-state index in [-0.39, 0.29) is 5.56 Å². The molecule has 0 heterocycles. The first-order chi connectivity index (χ1) is 11.0. The summed E-state index contributed by atoms with van der Waals surface area (Å²) in [4.78, 5) is 11.6. The van der Waals surface area contributed by atoms with Crippen LogP contribution in [0.15, 0.2) is 30.3 Å². The number of thioether (sulfide) groups is 1. The summed E-state index contributed by atoms with van der Waals surface area (Å²) in [5.41, 5.74) is 0.162. The number of carbonyl (C=O) groups excluding carboxylic acids is 1. The maximum atomic E-state index is 13.4. The van der Waals surface area contributed by atoms with E-state index < -0.39 is 47.9 Å². The minimum Gasteiger partial charge on any atom is -0.282 e. The molecule has 24 heavy (non-hydrogen) atoms. The fourth-order valence-electron chi connectivity index (χ4n) is 1.65. The van der Waals surface area contributed by atoms with Crippen molar-refractivity contribution < 1.29 is 39.9 Å². The Bertz CT molecular complexity index is 537. The molecule has 0 saturated heterocycles. The van der Waals surface area contributed by atoms with Crippen molar-refractivity contribution in [3.63, 3.8) is 0 Å². The van der Waals surface area contributed by atoms with E-state index in [0.29, 0.717) is 11.8 Å². The molecule has 0 bridgehead atoms. The fraction of sp³-hybridized carbons (Fsp3) is 0.500. The Morgan fingerprint density at radius 2 is 1.54 bits per heavy atom. The van der Waals surface area contributed by atoms with Crippen LogP contribution in [0.4, 0.5) is 35.1 Å². The summed E-state index contributed by atoms with van der Waals surface area (Å²) in [6, 6.07) is 7.38. The lowest BCUT2D eigenvalue weighted by Gasteiger charge is -2.29. The molecular weight excluding hydrogens is 368 g/mol. The van der Waals surface area contributed by atoms with Crippen LogP contribution in [0.1, 0.15) is 16.8 Å². The van der Waals surface area contributed by atoms with Gasteiger partial charge >= 0.3 is 5.92 Å². The second-order valence-corrected chi connectivity index (χ2v) is 5.85. The first-order valence-electron chi connectivity index (χ1n) is 6.54. The van der Waals surface area contributed by atoms with Crippen molar-refractivity contribution in [1.29, 1.82) is 0 Å². The van der Waals surface area contributed by atoms with Crippen LogP contribution in [0, 0.1) is 0 Å². The lowest BCUT2D eigenvalue weighted by molar-refractivity contribution is -0.225. The zero-order valence-corrected chi connectivity index (χ0v) is 12.7. The number of alkyl halides is 8. The Morgan fingerprint density at radius 1 is 1.00 bits per heavy atom. The van der Waals surface area contributed by atoms with Gasteiger partial charge in [-0.25, -0.2) is 26.3 Å². The van der Waals surface area contributed by atoms with E-state index in [1.54, 1.807) is 6.07 Å². The molecule has 136 valence electrons. The third-order valence-electron chi connectivity index (χ3n) is 2.98. The van der Waals surface area contributed by atoms with Gasteiger partial charge in [0.05, 0.1) is 0 Å². The highest BCUT2D eigenvalue weighted by Gasteiger charge is 2.62. The highest BCUT2D eigenvalue weighted by atomic mass is 32.2. The molecule has 0 amide bonds. The summed E-state index contributed by atoms with van der Waals surface area (Å²) < 4.78 is 103. The smallest absolute Gasteiger partial charge is 0.282 e. The topological polar surface area (TPSA) is 17.1 Å². The van der Waals surface area contributed by atoms with Gasteiger partial charge in [-0.2, -0.15) is 8.78 Å². The van der Waals surface area contributed by atoms with Gasteiger partial charge in [-0.1, -0.05) is 42.1 Å². The molecular formula is C14H12F8OS. The molecule has 2 atom stereocenters. The maximum absolute atomic E-state index is 13.4. The Morgan fingerprint density at radius 3 is 2.04 bits per heavy atom. The van der Waals surface area contributed by atoms with Crippen LogP contribution in [-0.4, -0.2) is 41.5 Å². The average Bonchev–Trinajstić information content (AvgIpc) is 2.53. The first-order valence-corrected chi connectivity index (χ1v) is 7.52. The second-order valence-electron chi connectivity index (χ2n) is 4.79. The van der Waals surface area contributed by atoms with Gasteiger partial charge in [-0.3, -0.25) is 4.79 Å². The van der Waals surface area contributed by atoms with Gasteiger partial charge in [0.1, 0.15) is 0 Å². The molecule has 1 nitrogen and oxygen atoms in total. The monoisotopic (exact) mass is 380 g/mol. The summed E-state index contributed by atoms with van der Waals surface area (Å²) in [6.45, 7) is 0. The van der Waals surface area contributed by atoms with E-state index in [2.05, 4.69) is 0 Å². The van der Waals surface area contributed by atoms with Crippen LogP contribution in [0.25, 0.3) is 0 Å². The summed E-state index contributed by atoms with van der Waals surface area (Å²) in [5.74, 6) is -11.1. The fourth-order valence-corrected chi connectivity index (χ4v) is 2.52. The van der Waals surface area contributed by atoms with E-state index in [4.69, 9.17) is 0 Å². The van der Waals surface area contributed by atoms with Crippen LogP contribution < -0.4 is 0 Å². The van der Waals surface area contributed by atoms with Crippen molar-refractivity contribution in [2.45, 2.75) is 37.0 Å². The molecule has 1 aromatic rings. The Kier molecular flexibility index (Phi) is 7.06. The van der Waals surface area contributed by atoms with E-state index in [0.717, 1.165) is 0 Å². The van der Waals surface area contributed by atoms with Crippen molar-refractivity contribution >= 4 is 16.9 Å². The lowest BCUT2D eigenvalue weighted by atomic mass is 10.0. The standard InChI is InChI=1S/C14H12F8OS/c15-9(10(16)17)14(21,22)12(18)13(19,20)6-7-24-11(23)8-4-2-1-3-5-8/h1-5,9-10,12H,6-7H2. The number of rotatable bonds is 8. The van der Waals surface area contributed by atoms with Crippen molar-refractivity contribution in [3.8, 4) is 0 Å². The lowest BCUT2D eigenvalue weighted by Crippen LogP contribution is -2.52. The van der Waals surface area contributed by atoms with E-state index in [1.165, 1.54) is 24.3 Å². The molecule has 1 aromatic carbocycles. The number of halogens is 8. The van der Waals surface area contributed by atoms with E-state index in [9.17, 15) is 39.9 Å². The summed E-state index contributed by atoms with van der Waals surface area (Å²) in [7, 11) is 0. The highest BCUT2D eigenvalue weighted by molar-refractivity contribution is 8.14. The molecule has 0 aromatic heterocycles. The molecule has 0 aliphatic heterocycles. The molecule has 0 spiro atoms. The molecule has 0 radical (unpaired) electrons. The molecule has 0 fully saturated rings. The van der Waals surface area contributed by atoms with Crippen LogP contribution in [0.2, 0.25) is 0 Å². The van der Waals surface area contributed by atoms with Gasteiger partial charge in [0.25, 0.3) is 12.3 Å². The van der Waals surface area contributed by atoms with Crippen molar-refractivity contribution in [2.24, 2.45) is 0 Å². The molecule has 0 aliphatic rings. The molecule has 0 N–H and O–H groups in total. The second kappa shape index (κ2) is 8.17. The van der Waals surface area contributed by atoms with Crippen molar-refractivity contribution in [1.82, 2.24) is 0 Å². The SMILES string of the molecule is O=C(SCCC(F)(F)C(F)C(F)(F)C(F)C(F)F)c1ccccc1. The van der Waals surface area contributed by atoms with Gasteiger partial charge in [0.15, 0.2) is 0 Å². The number of hydrogen-bond donors (Lipinski definition) is 0. The number of benzene rings is 1. The first kappa shape index (κ1) is 20.7. The van der Waals surface area contributed by atoms with Crippen molar-refractivity contribution in [2.75, 3.05) is 5.75 Å². The summed E-state index contributed by atoms with van der Waals surface area (Å²) in [6.07, 6.45) is -14.6. The minimum atomic E-state index is -5.55. The highest BCUT2D eigenvalue weighted by Crippen LogP contribution is 2.41. The molecule has 2 unspecified atom stereocenters. The van der Waals surface area contributed by atoms with Gasteiger partial charge in [0, 0.05) is 17.7 Å². The molecule has 0 saturated carbocycles. The molecule has 10 heteroatoms. The normalized spacial score (nSPS) is 15.4. The van der Waals surface area contributed by atoms with E-state index in [1.807, 2.05) is 0 Å². The van der Waals surface area contributed by atoms with Gasteiger partial charge in [0.2, 0.25) is 17.5 Å². The average molecular weight is 380 g/mol. The maximum Gasteiger partial charge on any atom is 0.320 e. The third kappa shape index (κ3) is 5.09. The Labute approximate surface area is 136 Å². The zero-order chi connectivity index (χ0) is 18.5.